The number of rotatable bonds is 7. The molecule has 0 bridgehead atoms. The first-order valence-corrected chi connectivity index (χ1v) is 15.6. The average Bonchev–Trinajstić information content (AvgIpc) is 2.98. The lowest BCUT2D eigenvalue weighted by Crippen LogP contribution is -2.71. The van der Waals surface area contributed by atoms with E-state index in [2.05, 4.69) is 4.98 Å². The van der Waals surface area contributed by atoms with E-state index in [1.165, 1.54) is 20.8 Å². The standard InChI is InChI=1S/C34H41NO11/c1-8-27(39)45-29-28-23(14-22(44-31(28)40)21-10-9-13-35-16-21)46-34(7)26(43-20(4)38)15-24-32(5,30(29)34)12-11-25(42-19(3)37)33(24,6)17-41-18(2)36/h9-10,13-14,16,24-26,29-30H,8,11-12,15,17H2,1-7H3/t24-,25+,26+,29+,30-,32+,33+,34-/m1/s1. The molecule has 2 aliphatic carbocycles. The molecule has 0 amide bonds. The van der Waals surface area contributed by atoms with Gasteiger partial charge in [-0.1, -0.05) is 20.8 Å². The summed E-state index contributed by atoms with van der Waals surface area (Å²) in [5, 5.41) is 0. The number of esters is 4. The fraction of sp³-hybridized carbons (Fsp3) is 0.588. The molecular formula is C34H41NO11. The third kappa shape index (κ3) is 5.66. The zero-order valence-corrected chi connectivity index (χ0v) is 27.2. The first-order chi connectivity index (χ1) is 21.6. The van der Waals surface area contributed by atoms with Crippen LogP contribution in [0.2, 0.25) is 0 Å². The van der Waals surface area contributed by atoms with Gasteiger partial charge in [0.05, 0.1) is 0 Å². The van der Waals surface area contributed by atoms with E-state index in [-0.39, 0.29) is 36.5 Å². The predicted octanol–water partition coefficient (Wildman–Crippen LogP) is 4.72. The van der Waals surface area contributed by atoms with Crippen molar-refractivity contribution in [3.8, 4) is 17.1 Å². The zero-order valence-electron chi connectivity index (χ0n) is 27.2. The number of ether oxygens (including phenoxy) is 5. The van der Waals surface area contributed by atoms with Crippen molar-refractivity contribution in [2.45, 2.75) is 98.1 Å². The van der Waals surface area contributed by atoms with Gasteiger partial charge in [0, 0.05) is 62.5 Å². The van der Waals surface area contributed by atoms with E-state index in [1.54, 1.807) is 37.5 Å². The van der Waals surface area contributed by atoms with E-state index in [4.69, 9.17) is 28.1 Å². The Morgan fingerprint density at radius 1 is 1.00 bits per heavy atom. The molecule has 8 atom stereocenters. The number of fused-ring (bicyclic) bond motifs is 4. The third-order valence-corrected chi connectivity index (χ3v) is 10.3. The summed E-state index contributed by atoms with van der Waals surface area (Å²) in [7, 11) is 0. The Labute approximate surface area is 267 Å². The van der Waals surface area contributed by atoms with Crippen LogP contribution in [0.15, 0.2) is 39.8 Å². The number of nitrogens with zero attached hydrogens (tertiary/aromatic N) is 1. The van der Waals surface area contributed by atoms with Crippen molar-refractivity contribution in [1.82, 2.24) is 4.98 Å². The summed E-state index contributed by atoms with van der Waals surface area (Å²) in [6.45, 7) is 11.2. The van der Waals surface area contributed by atoms with Crippen molar-refractivity contribution in [2.24, 2.45) is 22.7 Å². The monoisotopic (exact) mass is 639 g/mol. The molecule has 2 saturated carbocycles. The number of hydrogen-bond acceptors (Lipinski definition) is 12. The van der Waals surface area contributed by atoms with Crippen LogP contribution in [0.4, 0.5) is 0 Å². The van der Waals surface area contributed by atoms with Crippen molar-refractivity contribution in [1.29, 1.82) is 0 Å². The number of hydrogen-bond donors (Lipinski definition) is 0. The fourth-order valence-corrected chi connectivity index (χ4v) is 8.35. The maximum atomic E-state index is 13.9. The molecule has 248 valence electrons. The molecule has 3 aliphatic rings. The lowest BCUT2D eigenvalue weighted by atomic mass is 9.42. The summed E-state index contributed by atoms with van der Waals surface area (Å²) in [6.07, 6.45) is 1.62. The van der Waals surface area contributed by atoms with Gasteiger partial charge >= 0.3 is 29.5 Å². The number of aromatic nitrogens is 1. The number of pyridine rings is 1. The van der Waals surface area contributed by atoms with Crippen molar-refractivity contribution in [2.75, 3.05) is 6.61 Å². The topological polar surface area (TPSA) is 158 Å². The maximum Gasteiger partial charge on any atom is 0.347 e. The first kappa shape index (κ1) is 33.2. The van der Waals surface area contributed by atoms with E-state index < -0.39 is 76.1 Å². The van der Waals surface area contributed by atoms with E-state index in [9.17, 15) is 24.0 Å². The van der Waals surface area contributed by atoms with Crippen LogP contribution in [0.25, 0.3) is 11.3 Å². The van der Waals surface area contributed by atoms with Crippen LogP contribution in [-0.2, 0) is 38.1 Å². The molecule has 2 aromatic rings. The van der Waals surface area contributed by atoms with Gasteiger partial charge in [-0.25, -0.2) is 4.79 Å². The molecule has 2 fully saturated rings. The molecule has 46 heavy (non-hydrogen) atoms. The molecule has 0 spiro atoms. The highest BCUT2D eigenvalue weighted by Crippen LogP contribution is 2.68. The van der Waals surface area contributed by atoms with Crippen LogP contribution in [0.5, 0.6) is 5.75 Å². The van der Waals surface area contributed by atoms with Gasteiger partial charge in [0.2, 0.25) is 0 Å². The zero-order chi connectivity index (χ0) is 33.6. The molecule has 0 radical (unpaired) electrons. The molecular weight excluding hydrogens is 598 g/mol. The van der Waals surface area contributed by atoms with Gasteiger partial charge in [-0.3, -0.25) is 24.2 Å². The molecule has 1 aliphatic heterocycles. The molecule has 5 rings (SSSR count). The smallest absolute Gasteiger partial charge is 0.347 e. The summed E-state index contributed by atoms with van der Waals surface area (Å²) < 4.78 is 36.1. The Morgan fingerprint density at radius 2 is 1.70 bits per heavy atom. The van der Waals surface area contributed by atoms with Crippen molar-refractivity contribution in [3.05, 3.63) is 46.6 Å². The Balaban J connectivity index is 1.74. The van der Waals surface area contributed by atoms with Gasteiger partial charge in [-0.15, -0.1) is 0 Å². The molecule has 12 heteroatoms. The Kier molecular flexibility index (Phi) is 8.78. The Hall–Kier alpha value is -4.22. The molecule has 12 nitrogen and oxygen atoms in total. The normalized spacial score (nSPS) is 32.8. The van der Waals surface area contributed by atoms with Gasteiger partial charge < -0.3 is 28.1 Å². The lowest BCUT2D eigenvalue weighted by molar-refractivity contribution is -0.273. The summed E-state index contributed by atoms with van der Waals surface area (Å²) in [4.78, 5) is 68.0. The highest BCUT2D eigenvalue weighted by Gasteiger charge is 2.71. The fourth-order valence-electron chi connectivity index (χ4n) is 8.35. The van der Waals surface area contributed by atoms with Gasteiger partial charge in [0.15, 0.2) is 5.60 Å². The van der Waals surface area contributed by atoms with Crippen LogP contribution in [0.1, 0.15) is 85.8 Å². The lowest BCUT2D eigenvalue weighted by Gasteiger charge is -2.66. The van der Waals surface area contributed by atoms with Gasteiger partial charge in [-0.05, 0) is 49.7 Å². The molecule has 0 saturated heterocycles. The van der Waals surface area contributed by atoms with Gasteiger partial charge in [0.1, 0.15) is 42.0 Å². The van der Waals surface area contributed by atoms with Crippen molar-refractivity contribution < 1.29 is 47.3 Å². The first-order valence-electron chi connectivity index (χ1n) is 15.6. The molecule has 0 N–H and O–H groups in total. The molecule has 3 heterocycles. The van der Waals surface area contributed by atoms with E-state index in [0.717, 1.165) is 0 Å². The van der Waals surface area contributed by atoms with Crippen LogP contribution in [0, 0.1) is 22.7 Å². The SMILES string of the molecule is CCC(=O)O[C@H]1c2c(cc(-c3cccnc3)oc2=O)O[C@]2(C)[C@@H](OC(C)=O)C[C@H]3[C@](C)(COC(C)=O)[C@@H](OC(C)=O)CC[C@]3(C)[C@@H]12. The summed E-state index contributed by atoms with van der Waals surface area (Å²) >= 11 is 0. The van der Waals surface area contributed by atoms with E-state index in [1.807, 2.05) is 20.8 Å². The Morgan fingerprint density at radius 3 is 2.30 bits per heavy atom. The van der Waals surface area contributed by atoms with Crippen molar-refractivity contribution >= 4 is 23.9 Å². The predicted molar refractivity (Wildman–Crippen MR) is 161 cm³/mol. The van der Waals surface area contributed by atoms with Crippen LogP contribution in [0.3, 0.4) is 0 Å². The van der Waals surface area contributed by atoms with Crippen LogP contribution >= 0.6 is 0 Å². The third-order valence-electron chi connectivity index (χ3n) is 10.3. The van der Waals surface area contributed by atoms with Crippen LogP contribution < -0.4 is 10.4 Å². The van der Waals surface area contributed by atoms with Crippen molar-refractivity contribution in [3.63, 3.8) is 0 Å². The molecule has 2 aromatic heterocycles. The number of carbonyl (C=O) groups excluding carboxylic acids is 4. The molecule has 0 aromatic carbocycles. The second-order valence-electron chi connectivity index (χ2n) is 13.3. The van der Waals surface area contributed by atoms with Gasteiger partial charge in [-0.2, -0.15) is 0 Å². The molecule has 0 unspecified atom stereocenters. The minimum atomic E-state index is -1.29. The second-order valence-corrected chi connectivity index (χ2v) is 13.3. The minimum absolute atomic E-state index is 0.0431. The summed E-state index contributed by atoms with van der Waals surface area (Å²) in [5.74, 6) is -2.88. The average molecular weight is 640 g/mol. The second kappa shape index (κ2) is 12.2. The number of carbonyl (C=O) groups is 4. The highest BCUT2D eigenvalue weighted by molar-refractivity contribution is 5.70. The highest BCUT2D eigenvalue weighted by atomic mass is 16.6. The largest absolute Gasteiger partial charge is 0.482 e. The maximum absolute atomic E-state index is 13.9. The summed E-state index contributed by atoms with van der Waals surface area (Å²) in [6, 6.07) is 5.01. The summed E-state index contributed by atoms with van der Waals surface area (Å²) in [5.41, 5.74) is -3.17. The Bertz CT molecular complexity index is 1590. The van der Waals surface area contributed by atoms with Gasteiger partial charge in [0.25, 0.3) is 0 Å². The quantitative estimate of drug-likeness (QED) is 0.304. The minimum Gasteiger partial charge on any atom is -0.482 e. The van der Waals surface area contributed by atoms with E-state index >= 15 is 0 Å². The van der Waals surface area contributed by atoms with E-state index in [0.29, 0.717) is 18.4 Å². The van der Waals surface area contributed by atoms with Crippen LogP contribution in [-0.4, -0.2) is 53.3 Å².